The molecular formula is C27H35ClN2O3. The minimum absolute atomic E-state index is 0.00227. The van der Waals surface area contributed by atoms with E-state index in [1.807, 2.05) is 48.5 Å². The maximum absolute atomic E-state index is 13.4. The van der Waals surface area contributed by atoms with Crippen molar-refractivity contribution in [1.29, 1.82) is 0 Å². The van der Waals surface area contributed by atoms with Gasteiger partial charge in [0.05, 0.1) is 12.0 Å². The molecule has 2 saturated heterocycles. The molecule has 2 heterocycles. The Morgan fingerprint density at radius 2 is 1.88 bits per heavy atom. The molecule has 1 amide bonds. The van der Waals surface area contributed by atoms with Crippen LogP contribution in [0.1, 0.15) is 44.6 Å². The number of likely N-dealkylation sites (tertiary alicyclic amines) is 1. The predicted molar refractivity (Wildman–Crippen MR) is 133 cm³/mol. The van der Waals surface area contributed by atoms with Crippen LogP contribution >= 0.6 is 11.6 Å². The lowest BCUT2D eigenvalue weighted by Crippen LogP contribution is -2.44. The minimum atomic E-state index is -0.607. The van der Waals surface area contributed by atoms with Crippen LogP contribution in [0.25, 0.3) is 0 Å². The Hall–Kier alpha value is -2.08. The number of halogens is 1. The van der Waals surface area contributed by atoms with Gasteiger partial charge < -0.3 is 19.7 Å². The summed E-state index contributed by atoms with van der Waals surface area (Å²) in [7, 11) is 0. The molecule has 2 fully saturated rings. The average Bonchev–Trinajstić information content (AvgIpc) is 2.84. The van der Waals surface area contributed by atoms with Gasteiger partial charge in [-0.1, -0.05) is 30.7 Å². The number of nitrogens with zero attached hydrogens (tertiary/aromatic N) is 1. The van der Waals surface area contributed by atoms with Crippen LogP contribution in [0.15, 0.2) is 48.5 Å². The summed E-state index contributed by atoms with van der Waals surface area (Å²) in [4.78, 5) is 16.0. The molecule has 0 aliphatic carbocycles. The molecule has 0 spiro atoms. The van der Waals surface area contributed by atoms with Crippen LogP contribution < -0.4 is 10.1 Å². The van der Waals surface area contributed by atoms with Gasteiger partial charge in [0.1, 0.15) is 5.75 Å². The summed E-state index contributed by atoms with van der Waals surface area (Å²) < 4.78 is 11.5. The molecule has 33 heavy (non-hydrogen) atoms. The minimum Gasteiger partial charge on any atom is -0.494 e. The monoisotopic (exact) mass is 470 g/mol. The molecule has 0 bridgehead atoms. The zero-order valence-corrected chi connectivity index (χ0v) is 20.3. The van der Waals surface area contributed by atoms with Crippen molar-refractivity contribution in [3.8, 4) is 5.75 Å². The second-order valence-electron chi connectivity index (χ2n) is 9.43. The van der Waals surface area contributed by atoms with E-state index in [1.165, 1.54) is 25.9 Å². The number of rotatable bonds is 8. The van der Waals surface area contributed by atoms with Crippen LogP contribution in [0.2, 0.25) is 5.02 Å². The topological polar surface area (TPSA) is 50.8 Å². The van der Waals surface area contributed by atoms with Crippen LogP contribution in [-0.4, -0.2) is 50.3 Å². The number of amides is 1. The number of nitrogens with one attached hydrogen (secondary N) is 1. The first kappa shape index (κ1) is 24.1. The molecule has 6 heteroatoms. The van der Waals surface area contributed by atoms with Gasteiger partial charge in [-0.05, 0) is 86.5 Å². The molecule has 2 aromatic carbocycles. The third-order valence-electron chi connectivity index (χ3n) is 6.92. The lowest BCUT2D eigenvalue weighted by molar-refractivity contribution is -0.125. The molecule has 2 aliphatic heterocycles. The second-order valence-corrected chi connectivity index (χ2v) is 9.87. The van der Waals surface area contributed by atoms with Crippen molar-refractivity contribution in [2.75, 3.05) is 44.8 Å². The molecule has 2 aromatic rings. The van der Waals surface area contributed by atoms with Gasteiger partial charge in [-0.3, -0.25) is 4.79 Å². The maximum Gasteiger partial charge on any atom is 0.235 e. The van der Waals surface area contributed by atoms with E-state index in [2.05, 4.69) is 17.1 Å². The zero-order chi connectivity index (χ0) is 23.1. The van der Waals surface area contributed by atoms with Crippen molar-refractivity contribution in [3.63, 3.8) is 0 Å². The first-order valence-electron chi connectivity index (χ1n) is 12.2. The fourth-order valence-electron chi connectivity index (χ4n) is 4.99. The Balaban J connectivity index is 1.31. The Kier molecular flexibility index (Phi) is 8.29. The van der Waals surface area contributed by atoms with Gasteiger partial charge in [0.2, 0.25) is 5.91 Å². The Morgan fingerprint density at radius 3 is 2.58 bits per heavy atom. The fourth-order valence-corrected chi connectivity index (χ4v) is 5.11. The van der Waals surface area contributed by atoms with E-state index in [9.17, 15) is 4.79 Å². The van der Waals surface area contributed by atoms with Gasteiger partial charge in [-0.25, -0.2) is 0 Å². The third-order valence-corrected chi connectivity index (χ3v) is 7.17. The van der Waals surface area contributed by atoms with E-state index in [1.54, 1.807) is 0 Å². The maximum atomic E-state index is 13.4. The summed E-state index contributed by atoms with van der Waals surface area (Å²) in [5, 5.41) is 3.79. The SMILES string of the molecule is CC1CCCN(CCCOc2ccc(NC(=O)C3(c4ccc(Cl)cc4)CCOCC3)cc2)C1. The van der Waals surface area contributed by atoms with Gasteiger partial charge in [-0.2, -0.15) is 0 Å². The molecule has 0 aromatic heterocycles. The largest absolute Gasteiger partial charge is 0.494 e. The molecule has 4 rings (SSSR count). The van der Waals surface area contributed by atoms with E-state index < -0.39 is 5.41 Å². The standard InChI is InChI=1S/C27H35ClN2O3/c1-21-4-2-15-30(20-21)16-3-17-33-25-11-9-24(10-12-25)29-26(31)27(13-18-32-19-14-27)22-5-7-23(28)8-6-22/h5-12,21H,2-4,13-20H2,1H3,(H,29,31). The van der Waals surface area contributed by atoms with E-state index in [-0.39, 0.29) is 5.91 Å². The van der Waals surface area contributed by atoms with E-state index >= 15 is 0 Å². The first-order chi connectivity index (χ1) is 16.0. The molecule has 0 saturated carbocycles. The van der Waals surface area contributed by atoms with Crippen molar-refractivity contribution in [3.05, 3.63) is 59.1 Å². The Bertz CT molecular complexity index is 895. The average molecular weight is 471 g/mol. The van der Waals surface area contributed by atoms with Gasteiger partial charge in [0.25, 0.3) is 0 Å². The van der Waals surface area contributed by atoms with Crippen molar-refractivity contribution in [2.45, 2.75) is 44.4 Å². The predicted octanol–water partition coefficient (Wildman–Crippen LogP) is 5.53. The molecule has 1 atom stereocenters. The Labute approximate surface area is 202 Å². The molecule has 1 unspecified atom stereocenters. The number of hydrogen-bond donors (Lipinski definition) is 1. The number of benzene rings is 2. The van der Waals surface area contributed by atoms with Crippen LogP contribution in [0.5, 0.6) is 5.75 Å². The highest BCUT2D eigenvalue weighted by Gasteiger charge is 2.41. The number of piperidine rings is 1. The fraction of sp³-hybridized carbons (Fsp3) is 0.519. The number of carbonyl (C=O) groups is 1. The molecule has 1 N–H and O–H groups in total. The molecule has 0 radical (unpaired) electrons. The summed E-state index contributed by atoms with van der Waals surface area (Å²) in [5.74, 6) is 1.64. The van der Waals surface area contributed by atoms with Crippen LogP contribution in [0.3, 0.4) is 0 Å². The number of carbonyl (C=O) groups excluding carboxylic acids is 1. The van der Waals surface area contributed by atoms with Crippen LogP contribution in [0, 0.1) is 5.92 Å². The summed E-state index contributed by atoms with van der Waals surface area (Å²) in [6.45, 7) is 7.69. The van der Waals surface area contributed by atoms with Crippen molar-refractivity contribution < 1.29 is 14.3 Å². The van der Waals surface area contributed by atoms with Gasteiger partial charge in [-0.15, -0.1) is 0 Å². The Morgan fingerprint density at radius 1 is 1.15 bits per heavy atom. The van der Waals surface area contributed by atoms with Crippen LogP contribution in [0.4, 0.5) is 5.69 Å². The second kappa shape index (κ2) is 11.4. The third kappa shape index (κ3) is 6.28. The zero-order valence-electron chi connectivity index (χ0n) is 19.5. The van der Waals surface area contributed by atoms with Gasteiger partial charge in [0, 0.05) is 37.0 Å². The van der Waals surface area contributed by atoms with Crippen molar-refractivity contribution in [2.24, 2.45) is 5.92 Å². The lowest BCUT2D eigenvalue weighted by Gasteiger charge is -2.36. The highest BCUT2D eigenvalue weighted by Crippen LogP contribution is 2.37. The van der Waals surface area contributed by atoms with E-state index in [0.717, 1.165) is 35.9 Å². The van der Waals surface area contributed by atoms with Crippen molar-refractivity contribution >= 4 is 23.2 Å². The summed E-state index contributed by atoms with van der Waals surface area (Å²) >= 11 is 6.07. The van der Waals surface area contributed by atoms with Gasteiger partial charge >= 0.3 is 0 Å². The number of anilines is 1. The summed E-state index contributed by atoms with van der Waals surface area (Å²) in [6.07, 6.45) is 4.98. The normalized spacial score (nSPS) is 20.8. The summed E-state index contributed by atoms with van der Waals surface area (Å²) in [5.41, 5.74) is 1.15. The highest BCUT2D eigenvalue weighted by atomic mass is 35.5. The quantitative estimate of drug-likeness (QED) is 0.515. The van der Waals surface area contributed by atoms with Gasteiger partial charge in [0.15, 0.2) is 0 Å². The lowest BCUT2D eigenvalue weighted by atomic mass is 9.73. The molecular weight excluding hydrogens is 436 g/mol. The number of ether oxygens (including phenoxy) is 2. The summed E-state index contributed by atoms with van der Waals surface area (Å²) in [6, 6.07) is 15.3. The molecule has 178 valence electrons. The molecule has 2 aliphatic rings. The van der Waals surface area contributed by atoms with E-state index in [0.29, 0.717) is 37.7 Å². The van der Waals surface area contributed by atoms with Crippen LogP contribution in [-0.2, 0) is 14.9 Å². The smallest absolute Gasteiger partial charge is 0.235 e. The first-order valence-corrected chi connectivity index (χ1v) is 12.5. The van der Waals surface area contributed by atoms with E-state index in [4.69, 9.17) is 21.1 Å². The molecule has 5 nitrogen and oxygen atoms in total. The number of hydrogen-bond acceptors (Lipinski definition) is 4. The highest BCUT2D eigenvalue weighted by molar-refractivity contribution is 6.30. The van der Waals surface area contributed by atoms with Crippen molar-refractivity contribution in [1.82, 2.24) is 4.90 Å².